The fraction of sp³-hybridized carbons (Fsp3) is 0.300. The molecule has 1 aromatic carbocycles. The van der Waals surface area contributed by atoms with Gasteiger partial charge in [0.25, 0.3) is 0 Å². The van der Waals surface area contributed by atoms with Gasteiger partial charge in [-0.15, -0.1) is 0 Å². The van der Waals surface area contributed by atoms with Gasteiger partial charge >= 0.3 is 0 Å². The predicted molar refractivity (Wildman–Crippen MR) is 48.8 cm³/mol. The minimum atomic E-state index is 0.914. The Morgan fingerprint density at radius 3 is 2.50 bits per heavy atom. The molecule has 0 radical (unpaired) electrons. The van der Waals surface area contributed by atoms with Gasteiger partial charge in [0, 0.05) is 6.42 Å². The molecule has 0 fully saturated rings. The standard InChI is InChI=1S/C10H15NO/c1-11-8-7-9-3-5-10(12-2)6-4-9/h3-6H,1,7-8,11H2,2H3. The van der Waals surface area contributed by atoms with Crippen molar-refractivity contribution in [1.82, 2.24) is 0 Å². The zero-order valence-electron chi connectivity index (χ0n) is 7.42. The van der Waals surface area contributed by atoms with Crippen LogP contribution in [0.3, 0.4) is 0 Å². The van der Waals surface area contributed by atoms with Crippen LogP contribution in [0, 0.1) is 7.05 Å². The zero-order chi connectivity index (χ0) is 8.81. The van der Waals surface area contributed by atoms with Crippen molar-refractivity contribution in [2.45, 2.75) is 6.42 Å². The third kappa shape index (κ3) is 2.55. The van der Waals surface area contributed by atoms with Crippen LogP contribution in [0.1, 0.15) is 5.56 Å². The number of rotatable bonds is 4. The van der Waals surface area contributed by atoms with Crippen molar-refractivity contribution in [2.75, 3.05) is 13.7 Å². The molecule has 0 saturated carbocycles. The van der Waals surface area contributed by atoms with E-state index in [-0.39, 0.29) is 0 Å². The molecule has 0 spiro atoms. The van der Waals surface area contributed by atoms with Gasteiger partial charge in [-0.05, 0) is 17.7 Å². The molecule has 2 N–H and O–H groups in total. The van der Waals surface area contributed by atoms with Crippen molar-refractivity contribution in [1.29, 1.82) is 0 Å². The van der Waals surface area contributed by atoms with Gasteiger partial charge < -0.3 is 10.1 Å². The molecule has 0 heterocycles. The van der Waals surface area contributed by atoms with Crippen LogP contribution < -0.4 is 10.1 Å². The molecule has 66 valence electrons. The van der Waals surface area contributed by atoms with E-state index in [0.29, 0.717) is 0 Å². The largest absolute Gasteiger partial charge is 0.497 e. The van der Waals surface area contributed by atoms with E-state index >= 15 is 0 Å². The Labute approximate surface area is 73.6 Å². The summed E-state index contributed by atoms with van der Waals surface area (Å²) < 4.78 is 5.05. The Balaban J connectivity index is 2.53. The van der Waals surface area contributed by atoms with Crippen LogP contribution in [-0.2, 0) is 6.42 Å². The second-order valence-electron chi connectivity index (χ2n) is 2.68. The summed E-state index contributed by atoms with van der Waals surface area (Å²) in [4.78, 5) is 0. The molecule has 1 rings (SSSR count). The van der Waals surface area contributed by atoms with Gasteiger partial charge in [0.05, 0.1) is 13.7 Å². The van der Waals surface area contributed by atoms with Gasteiger partial charge in [-0.25, -0.2) is 0 Å². The van der Waals surface area contributed by atoms with E-state index < -0.39 is 0 Å². The van der Waals surface area contributed by atoms with E-state index in [0.717, 1.165) is 18.7 Å². The molecule has 0 bridgehead atoms. The van der Waals surface area contributed by atoms with Crippen LogP contribution in [0.15, 0.2) is 24.3 Å². The molecule has 1 aromatic rings. The molecule has 2 heteroatoms. The second-order valence-corrected chi connectivity index (χ2v) is 2.68. The van der Waals surface area contributed by atoms with E-state index in [1.165, 1.54) is 5.56 Å². The maximum absolute atomic E-state index is 5.05. The van der Waals surface area contributed by atoms with Crippen LogP contribution in [-0.4, -0.2) is 13.7 Å². The number of quaternary nitrogens is 1. The van der Waals surface area contributed by atoms with Gasteiger partial charge in [0.15, 0.2) is 0 Å². The average Bonchev–Trinajstić information content (AvgIpc) is 2.15. The highest BCUT2D eigenvalue weighted by molar-refractivity contribution is 5.27. The van der Waals surface area contributed by atoms with Crippen LogP contribution in [0.25, 0.3) is 0 Å². The highest BCUT2D eigenvalue weighted by Crippen LogP contribution is 2.10. The molecule has 12 heavy (non-hydrogen) atoms. The lowest BCUT2D eigenvalue weighted by Crippen LogP contribution is -2.77. The van der Waals surface area contributed by atoms with Crippen molar-refractivity contribution in [3.05, 3.63) is 36.9 Å². The summed E-state index contributed by atoms with van der Waals surface area (Å²) in [7, 11) is 5.36. The molecule has 0 aliphatic heterocycles. The number of hydrogen-bond acceptors (Lipinski definition) is 1. The summed E-state index contributed by atoms with van der Waals surface area (Å²) >= 11 is 0. The Hall–Kier alpha value is -1.02. The predicted octanol–water partition coefficient (Wildman–Crippen LogP) is 0.593. The Bertz CT molecular complexity index is 218. The van der Waals surface area contributed by atoms with E-state index in [4.69, 9.17) is 4.74 Å². The maximum atomic E-state index is 5.05. The molecule has 0 atom stereocenters. The summed E-state index contributed by atoms with van der Waals surface area (Å²) in [5.74, 6) is 0.914. The topological polar surface area (TPSA) is 25.8 Å². The molecule has 2 nitrogen and oxygen atoms in total. The number of ether oxygens (including phenoxy) is 1. The van der Waals surface area contributed by atoms with Crippen molar-refractivity contribution >= 4 is 0 Å². The molecule has 0 unspecified atom stereocenters. The molecule has 0 aromatic heterocycles. The minimum Gasteiger partial charge on any atom is -0.497 e. The summed E-state index contributed by atoms with van der Waals surface area (Å²) in [5, 5.41) is 1.93. The summed E-state index contributed by atoms with van der Waals surface area (Å²) in [6.45, 7) is 1.03. The van der Waals surface area contributed by atoms with Crippen molar-refractivity contribution in [3.63, 3.8) is 0 Å². The molecular formula is C10H15NO. The smallest absolute Gasteiger partial charge is 0.118 e. The van der Waals surface area contributed by atoms with Gasteiger partial charge in [0.1, 0.15) is 5.75 Å². The number of methoxy groups -OCH3 is 1. The van der Waals surface area contributed by atoms with E-state index in [2.05, 4.69) is 19.2 Å². The monoisotopic (exact) mass is 165 g/mol. The Morgan fingerprint density at radius 2 is 2.00 bits per heavy atom. The number of nitrogens with two attached hydrogens (primary N) is 1. The fourth-order valence-electron chi connectivity index (χ4n) is 1.06. The van der Waals surface area contributed by atoms with E-state index in [9.17, 15) is 0 Å². The summed E-state index contributed by atoms with van der Waals surface area (Å²) in [6.07, 6.45) is 1.06. The Kier molecular flexibility index (Phi) is 3.61. The van der Waals surface area contributed by atoms with E-state index in [1.54, 1.807) is 7.11 Å². The molecule has 0 amide bonds. The maximum Gasteiger partial charge on any atom is 0.118 e. The Morgan fingerprint density at radius 1 is 1.33 bits per heavy atom. The van der Waals surface area contributed by atoms with Crippen LogP contribution in [0.2, 0.25) is 0 Å². The first-order valence-corrected chi connectivity index (χ1v) is 4.10. The zero-order valence-corrected chi connectivity index (χ0v) is 7.42. The average molecular weight is 165 g/mol. The molecule has 0 aliphatic rings. The van der Waals surface area contributed by atoms with Crippen LogP contribution >= 0.6 is 0 Å². The SMILES string of the molecule is [CH2-][NH2+]CCc1ccc(OC)cc1. The molecular weight excluding hydrogens is 150 g/mol. The minimum absolute atomic E-state index is 0.914. The normalized spacial score (nSPS) is 9.83. The fourth-order valence-corrected chi connectivity index (χ4v) is 1.06. The molecule has 0 saturated heterocycles. The van der Waals surface area contributed by atoms with Crippen LogP contribution in [0.4, 0.5) is 0 Å². The quantitative estimate of drug-likeness (QED) is 0.649. The van der Waals surface area contributed by atoms with Gasteiger partial charge in [-0.3, -0.25) is 0 Å². The third-order valence-electron chi connectivity index (χ3n) is 1.80. The van der Waals surface area contributed by atoms with E-state index in [1.807, 2.05) is 17.4 Å². The first kappa shape index (κ1) is 9.07. The lowest BCUT2D eigenvalue weighted by molar-refractivity contribution is -0.594. The number of benzene rings is 1. The van der Waals surface area contributed by atoms with Crippen molar-refractivity contribution < 1.29 is 10.1 Å². The first-order chi connectivity index (χ1) is 5.86. The van der Waals surface area contributed by atoms with Gasteiger partial charge in [-0.2, -0.15) is 7.05 Å². The summed E-state index contributed by atoms with van der Waals surface area (Å²) in [6, 6.07) is 8.14. The van der Waals surface area contributed by atoms with Crippen molar-refractivity contribution in [3.8, 4) is 5.75 Å². The van der Waals surface area contributed by atoms with Crippen LogP contribution in [0.5, 0.6) is 5.75 Å². The first-order valence-electron chi connectivity index (χ1n) is 4.10. The van der Waals surface area contributed by atoms with Crippen molar-refractivity contribution in [2.24, 2.45) is 0 Å². The summed E-state index contributed by atoms with van der Waals surface area (Å²) in [5.41, 5.74) is 1.33. The highest BCUT2D eigenvalue weighted by Gasteiger charge is 1.93. The lowest BCUT2D eigenvalue weighted by atomic mass is 10.1. The second kappa shape index (κ2) is 4.78. The number of hydrogen-bond donors (Lipinski definition) is 1. The highest BCUT2D eigenvalue weighted by atomic mass is 16.5. The van der Waals surface area contributed by atoms with Gasteiger partial charge in [0.2, 0.25) is 0 Å². The third-order valence-corrected chi connectivity index (χ3v) is 1.80. The van der Waals surface area contributed by atoms with Gasteiger partial charge in [-0.1, -0.05) is 12.1 Å². The lowest BCUT2D eigenvalue weighted by Gasteiger charge is -2.02. The molecule has 0 aliphatic carbocycles.